The number of carbonyl (C=O) groups is 2. The quantitative estimate of drug-likeness (QED) is 0.662. The number of ether oxygens (including phenoxy) is 3. The summed E-state index contributed by atoms with van der Waals surface area (Å²) in [6.45, 7) is 2.89. The molecule has 2 aromatic rings. The van der Waals surface area contributed by atoms with Gasteiger partial charge in [0.2, 0.25) is 12.7 Å². The van der Waals surface area contributed by atoms with E-state index in [-0.39, 0.29) is 25.0 Å². The zero-order valence-electron chi connectivity index (χ0n) is 17.3. The maximum atomic E-state index is 13.0. The summed E-state index contributed by atoms with van der Waals surface area (Å²) in [5, 5.41) is 3.26. The maximum Gasteiger partial charge on any atom is 0.252 e. The molecule has 2 heterocycles. The monoisotopic (exact) mass is 441 g/mol. The van der Waals surface area contributed by atoms with Crippen LogP contribution in [0.3, 0.4) is 0 Å². The molecule has 0 aromatic heterocycles. The molecule has 0 radical (unpaired) electrons. The third-order valence-electron chi connectivity index (χ3n) is 5.26. The number of fused-ring (bicyclic) bond motifs is 1. The number of methoxy groups -OCH3 is 1. The lowest BCUT2D eigenvalue weighted by atomic mass is 10.1. The number of likely N-dealkylation sites (N-methyl/N-ethyl adjacent to an activating group) is 1. The third kappa shape index (κ3) is 4.27. The van der Waals surface area contributed by atoms with Gasteiger partial charge in [0, 0.05) is 18.8 Å². The molecule has 1 saturated heterocycles. The van der Waals surface area contributed by atoms with Crippen LogP contribution in [0, 0.1) is 0 Å². The lowest BCUT2D eigenvalue weighted by Gasteiger charge is -2.24. The highest BCUT2D eigenvalue weighted by atomic mass is 32.1. The van der Waals surface area contributed by atoms with Crippen molar-refractivity contribution in [2.75, 3.05) is 25.8 Å². The van der Waals surface area contributed by atoms with Crippen molar-refractivity contribution in [3.05, 3.63) is 48.0 Å². The smallest absolute Gasteiger partial charge is 0.252 e. The van der Waals surface area contributed by atoms with Gasteiger partial charge in [-0.1, -0.05) is 6.07 Å². The molecular weight excluding hydrogens is 418 g/mol. The Labute approximate surface area is 185 Å². The van der Waals surface area contributed by atoms with Crippen LogP contribution in [0.5, 0.6) is 17.2 Å². The van der Waals surface area contributed by atoms with E-state index in [2.05, 4.69) is 5.32 Å². The number of hydrogen-bond acceptors (Lipinski definition) is 6. The molecule has 0 spiro atoms. The molecule has 9 heteroatoms. The van der Waals surface area contributed by atoms with Crippen molar-refractivity contribution in [2.24, 2.45) is 0 Å². The number of thiocarbonyl (C=S) groups is 1. The highest BCUT2D eigenvalue weighted by molar-refractivity contribution is 7.80. The molecular formula is C22H23N3O5S. The van der Waals surface area contributed by atoms with Crippen molar-refractivity contribution in [2.45, 2.75) is 25.9 Å². The van der Waals surface area contributed by atoms with Gasteiger partial charge in [0.15, 0.2) is 16.6 Å². The summed E-state index contributed by atoms with van der Waals surface area (Å²) in [4.78, 5) is 29.0. The minimum Gasteiger partial charge on any atom is -0.497 e. The van der Waals surface area contributed by atoms with Gasteiger partial charge in [0.25, 0.3) is 5.91 Å². The lowest BCUT2D eigenvalue weighted by Crippen LogP contribution is -2.37. The van der Waals surface area contributed by atoms with Crippen molar-refractivity contribution in [3.63, 3.8) is 0 Å². The van der Waals surface area contributed by atoms with E-state index in [9.17, 15) is 9.59 Å². The molecule has 4 rings (SSSR count). The number of amides is 2. The van der Waals surface area contributed by atoms with E-state index in [0.29, 0.717) is 41.1 Å². The molecule has 162 valence electrons. The minimum absolute atomic E-state index is 0.00788. The van der Waals surface area contributed by atoms with E-state index in [0.717, 1.165) is 5.56 Å². The molecule has 0 aliphatic carbocycles. The van der Waals surface area contributed by atoms with Crippen LogP contribution in [-0.2, 0) is 16.1 Å². The summed E-state index contributed by atoms with van der Waals surface area (Å²) in [5.74, 6) is 1.62. The van der Waals surface area contributed by atoms with Gasteiger partial charge in [-0.2, -0.15) is 0 Å². The minimum atomic E-state index is -0.670. The van der Waals surface area contributed by atoms with Crippen LogP contribution in [0.2, 0.25) is 0 Å². The number of anilines is 1. The largest absolute Gasteiger partial charge is 0.497 e. The number of benzene rings is 2. The first-order valence-electron chi connectivity index (χ1n) is 9.94. The fourth-order valence-corrected chi connectivity index (χ4v) is 4.07. The molecule has 8 nitrogen and oxygen atoms in total. The van der Waals surface area contributed by atoms with E-state index in [1.807, 2.05) is 25.1 Å². The predicted molar refractivity (Wildman–Crippen MR) is 118 cm³/mol. The van der Waals surface area contributed by atoms with Crippen LogP contribution in [0.15, 0.2) is 42.5 Å². The van der Waals surface area contributed by atoms with Gasteiger partial charge < -0.3 is 24.4 Å². The Bertz CT molecular complexity index is 1010. The topological polar surface area (TPSA) is 80.3 Å². The fourth-order valence-electron chi connectivity index (χ4n) is 3.66. The van der Waals surface area contributed by atoms with Crippen LogP contribution in [-0.4, -0.2) is 53.2 Å². The number of nitrogens with one attached hydrogen (secondary N) is 1. The van der Waals surface area contributed by atoms with Crippen LogP contribution in [0.25, 0.3) is 0 Å². The van der Waals surface area contributed by atoms with E-state index in [1.54, 1.807) is 36.3 Å². The van der Waals surface area contributed by atoms with Crippen molar-refractivity contribution in [3.8, 4) is 17.2 Å². The Balaban J connectivity index is 1.49. The van der Waals surface area contributed by atoms with E-state index >= 15 is 0 Å². The van der Waals surface area contributed by atoms with Gasteiger partial charge in [-0.3, -0.25) is 14.5 Å². The second kappa shape index (κ2) is 8.81. The number of nitrogens with zero attached hydrogens (tertiary/aromatic N) is 2. The van der Waals surface area contributed by atoms with Crippen LogP contribution >= 0.6 is 12.2 Å². The Morgan fingerprint density at radius 3 is 2.65 bits per heavy atom. The van der Waals surface area contributed by atoms with E-state index < -0.39 is 6.04 Å². The average molecular weight is 442 g/mol. The summed E-state index contributed by atoms with van der Waals surface area (Å²) in [6, 6.07) is 12.0. The number of rotatable bonds is 7. The second-order valence-corrected chi connectivity index (χ2v) is 7.54. The molecule has 0 saturated carbocycles. The highest BCUT2D eigenvalue weighted by Crippen LogP contribution is 2.34. The van der Waals surface area contributed by atoms with Crippen LogP contribution in [0.4, 0.5) is 5.69 Å². The van der Waals surface area contributed by atoms with Crippen molar-refractivity contribution in [1.29, 1.82) is 0 Å². The van der Waals surface area contributed by atoms with Crippen molar-refractivity contribution in [1.82, 2.24) is 9.80 Å². The molecule has 1 atom stereocenters. The summed E-state index contributed by atoms with van der Waals surface area (Å²) < 4.78 is 15.9. The zero-order chi connectivity index (χ0) is 22.0. The number of carbonyl (C=O) groups excluding carboxylic acids is 2. The molecule has 2 aliphatic rings. The second-order valence-electron chi connectivity index (χ2n) is 7.18. The van der Waals surface area contributed by atoms with Gasteiger partial charge in [-0.05, 0) is 61.1 Å². The molecule has 0 unspecified atom stereocenters. The molecule has 2 aliphatic heterocycles. The Hall–Kier alpha value is -3.33. The summed E-state index contributed by atoms with van der Waals surface area (Å²) in [6.07, 6.45) is -0.00788. The van der Waals surface area contributed by atoms with Gasteiger partial charge in [0.05, 0.1) is 13.5 Å². The predicted octanol–water partition coefficient (Wildman–Crippen LogP) is 2.77. The first kappa shape index (κ1) is 20.9. The van der Waals surface area contributed by atoms with Gasteiger partial charge in [-0.15, -0.1) is 0 Å². The van der Waals surface area contributed by atoms with Crippen LogP contribution < -0.4 is 19.5 Å². The van der Waals surface area contributed by atoms with Crippen molar-refractivity contribution < 1.29 is 23.8 Å². The van der Waals surface area contributed by atoms with Crippen molar-refractivity contribution >= 4 is 34.8 Å². The van der Waals surface area contributed by atoms with E-state index in [4.69, 9.17) is 26.4 Å². The Morgan fingerprint density at radius 1 is 1.19 bits per heavy atom. The SMILES string of the molecule is CCN1C(=O)[C@@H](CC(=O)Nc2ccc(OC)cc2)N(Cc2ccc3c(c2)OCO3)C1=S. The first-order chi connectivity index (χ1) is 15.0. The molecule has 1 N–H and O–H groups in total. The molecule has 0 bridgehead atoms. The van der Waals surface area contributed by atoms with E-state index in [1.165, 1.54) is 4.90 Å². The Kier molecular flexibility index (Phi) is 5.94. The highest BCUT2D eigenvalue weighted by Gasteiger charge is 2.42. The number of hydrogen-bond donors (Lipinski definition) is 1. The molecule has 31 heavy (non-hydrogen) atoms. The molecule has 2 aromatic carbocycles. The summed E-state index contributed by atoms with van der Waals surface area (Å²) in [5.41, 5.74) is 1.55. The van der Waals surface area contributed by atoms with Crippen LogP contribution in [0.1, 0.15) is 18.9 Å². The Morgan fingerprint density at radius 2 is 1.94 bits per heavy atom. The normalized spacial score (nSPS) is 17.3. The fraction of sp³-hybridized carbons (Fsp3) is 0.318. The first-order valence-corrected chi connectivity index (χ1v) is 10.4. The van der Waals surface area contributed by atoms with Gasteiger partial charge in [0.1, 0.15) is 11.8 Å². The molecule has 1 fully saturated rings. The maximum absolute atomic E-state index is 13.0. The molecule has 2 amide bonds. The van der Waals surface area contributed by atoms with Gasteiger partial charge >= 0.3 is 0 Å². The van der Waals surface area contributed by atoms with Gasteiger partial charge in [-0.25, -0.2) is 0 Å². The summed E-state index contributed by atoms with van der Waals surface area (Å²) >= 11 is 5.55. The lowest BCUT2D eigenvalue weighted by molar-refractivity contribution is -0.130. The average Bonchev–Trinajstić information content (AvgIpc) is 3.32. The zero-order valence-corrected chi connectivity index (χ0v) is 18.1. The third-order valence-corrected chi connectivity index (χ3v) is 5.72. The summed E-state index contributed by atoms with van der Waals surface area (Å²) in [7, 11) is 1.58. The standard InChI is InChI=1S/C22H23N3O5S/c1-3-24-21(27)17(11-20(26)23-15-5-7-16(28-2)8-6-15)25(22(24)31)12-14-4-9-18-19(10-14)30-13-29-18/h4-10,17H,3,11-13H2,1-2H3,(H,23,26)/t17-/m1/s1.